The molecule has 2 aliphatic heterocycles. The van der Waals surface area contributed by atoms with Gasteiger partial charge in [-0.3, -0.25) is 4.84 Å². The molecule has 5 unspecified atom stereocenters. The quantitative estimate of drug-likeness (QED) is 0.504. The topological polar surface area (TPSA) is 74.7 Å². The normalized spacial score (nSPS) is 35.3. The highest BCUT2D eigenvalue weighted by Gasteiger charge is 2.59. The van der Waals surface area contributed by atoms with Gasteiger partial charge in [0.2, 0.25) is 0 Å². The van der Waals surface area contributed by atoms with E-state index in [4.69, 9.17) is 14.3 Å². The molecule has 0 amide bonds. The third-order valence-electron chi connectivity index (χ3n) is 7.15. The van der Waals surface area contributed by atoms with E-state index in [0.717, 1.165) is 30.8 Å². The van der Waals surface area contributed by atoms with Crippen molar-refractivity contribution in [1.82, 2.24) is 5.06 Å². The molecule has 5 atom stereocenters. The van der Waals surface area contributed by atoms with E-state index in [9.17, 15) is 10.2 Å². The van der Waals surface area contributed by atoms with E-state index < -0.39 is 16.9 Å². The van der Waals surface area contributed by atoms with Gasteiger partial charge in [-0.2, -0.15) is 5.06 Å². The van der Waals surface area contributed by atoms with Crippen molar-refractivity contribution in [3.63, 3.8) is 0 Å². The fourth-order valence-corrected chi connectivity index (χ4v) is 4.45. The maximum Gasteiger partial charge on any atom is 0.168 e. The molecule has 2 aliphatic rings. The molecule has 6 nitrogen and oxygen atoms in total. The number of ether oxygens (including phenoxy) is 2. The summed E-state index contributed by atoms with van der Waals surface area (Å²) in [6, 6.07) is 7.97. The first kappa shape index (κ1) is 22.5. The summed E-state index contributed by atoms with van der Waals surface area (Å²) in [5.74, 6) is -1.25. The first-order valence-electron chi connectivity index (χ1n) is 10.8. The highest BCUT2D eigenvalue weighted by molar-refractivity contribution is 5.28. The summed E-state index contributed by atoms with van der Waals surface area (Å²) in [6.45, 7) is 13.6. The number of rotatable bonds is 8. The van der Waals surface area contributed by atoms with Gasteiger partial charge in [-0.25, -0.2) is 0 Å². The van der Waals surface area contributed by atoms with Crippen molar-refractivity contribution < 1.29 is 24.5 Å². The van der Waals surface area contributed by atoms with Crippen molar-refractivity contribution in [1.29, 1.82) is 0 Å². The Morgan fingerprint density at radius 2 is 1.79 bits per heavy atom. The molecule has 0 saturated carbocycles. The lowest BCUT2D eigenvalue weighted by molar-refractivity contribution is -0.380. The molecule has 3 rings (SSSR count). The Hall–Kier alpha value is -1.18. The molecule has 6 heteroatoms. The number of nitrogens with zero attached hydrogens (tertiary/aromatic N) is 1. The highest BCUT2D eigenvalue weighted by atomic mass is 16.7. The van der Waals surface area contributed by atoms with Crippen LogP contribution in [0.15, 0.2) is 24.3 Å². The van der Waals surface area contributed by atoms with Crippen LogP contribution in [0.2, 0.25) is 0 Å². The van der Waals surface area contributed by atoms with Crippen LogP contribution in [0.1, 0.15) is 72.5 Å². The third kappa shape index (κ3) is 4.47. The second-order valence-corrected chi connectivity index (χ2v) is 9.22. The number of piperidine rings is 1. The van der Waals surface area contributed by atoms with Crippen molar-refractivity contribution in [3.8, 4) is 5.75 Å². The van der Waals surface area contributed by atoms with Gasteiger partial charge in [0.25, 0.3) is 0 Å². The fraction of sp³-hybridized carbons (Fsp3) is 0.739. The van der Waals surface area contributed by atoms with E-state index in [1.165, 1.54) is 0 Å². The number of benzene rings is 1. The monoisotopic (exact) mass is 407 g/mol. The molecule has 0 radical (unpaired) electrons. The molecule has 29 heavy (non-hydrogen) atoms. The Morgan fingerprint density at radius 1 is 1.17 bits per heavy atom. The Bertz CT molecular complexity index is 689. The molecule has 0 bridgehead atoms. The van der Waals surface area contributed by atoms with E-state index in [-0.39, 0.29) is 24.5 Å². The fourth-order valence-electron chi connectivity index (χ4n) is 4.45. The van der Waals surface area contributed by atoms with Crippen molar-refractivity contribution in [2.45, 2.75) is 89.9 Å². The van der Waals surface area contributed by atoms with Gasteiger partial charge in [-0.15, -0.1) is 0 Å². The zero-order chi connectivity index (χ0) is 21.4. The predicted molar refractivity (Wildman–Crippen MR) is 111 cm³/mol. The van der Waals surface area contributed by atoms with Crippen molar-refractivity contribution in [3.05, 3.63) is 29.8 Å². The standard InChI is InChI=1S/C23H37NO5/c1-7-21(5)15-23(25,26)17(4)22(6,8-2)24(21)29-16(3)18-9-11-19(12-10-18)27-13-20-14-28-20/h9-12,16-17,20,25-26H,7-8,13-15H2,1-6H3. The zero-order valence-electron chi connectivity index (χ0n) is 18.6. The minimum Gasteiger partial charge on any atom is -0.491 e. The van der Waals surface area contributed by atoms with E-state index in [1.807, 2.05) is 38.1 Å². The third-order valence-corrected chi connectivity index (χ3v) is 7.15. The van der Waals surface area contributed by atoms with Crippen LogP contribution >= 0.6 is 0 Å². The molecular weight excluding hydrogens is 370 g/mol. The molecule has 164 valence electrons. The molecule has 1 aromatic carbocycles. The predicted octanol–water partition coefficient (Wildman–Crippen LogP) is 3.82. The number of epoxide rings is 1. The van der Waals surface area contributed by atoms with Gasteiger partial charge in [-0.1, -0.05) is 32.9 Å². The molecule has 2 heterocycles. The number of hydrogen-bond acceptors (Lipinski definition) is 6. The Balaban J connectivity index is 1.77. The number of hydrogen-bond donors (Lipinski definition) is 2. The second-order valence-electron chi connectivity index (χ2n) is 9.22. The minimum absolute atomic E-state index is 0.176. The van der Waals surface area contributed by atoms with Gasteiger partial charge in [0.15, 0.2) is 5.79 Å². The molecule has 0 spiro atoms. The summed E-state index contributed by atoms with van der Waals surface area (Å²) in [4.78, 5) is 6.55. The van der Waals surface area contributed by atoms with Crippen LogP contribution in [0.3, 0.4) is 0 Å². The maximum absolute atomic E-state index is 10.7. The van der Waals surface area contributed by atoms with Crippen LogP contribution in [-0.2, 0) is 9.57 Å². The maximum atomic E-state index is 10.7. The van der Waals surface area contributed by atoms with Gasteiger partial charge in [0.1, 0.15) is 24.6 Å². The van der Waals surface area contributed by atoms with E-state index in [0.29, 0.717) is 6.61 Å². The average molecular weight is 408 g/mol. The number of hydroxylamine groups is 2. The minimum atomic E-state index is -1.72. The summed E-state index contributed by atoms with van der Waals surface area (Å²) in [6.07, 6.45) is 1.80. The number of aliphatic hydroxyl groups is 2. The van der Waals surface area contributed by atoms with Crippen molar-refractivity contribution in [2.24, 2.45) is 5.92 Å². The summed E-state index contributed by atoms with van der Waals surface area (Å²) < 4.78 is 10.9. The van der Waals surface area contributed by atoms with E-state index in [1.54, 1.807) is 0 Å². The summed E-state index contributed by atoms with van der Waals surface area (Å²) in [7, 11) is 0. The van der Waals surface area contributed by atoms with Crippen LogP contribution in [0.25, 0.3) is 0 Å². The van der Waals surface area contributed by atoms with Crippen molar-refractivity contribution in [2.75, 3.05) is 13.2 Å². The van der Waals surface area contributed by atoms with Crippen molar-refractivity contribution >= 4 is 0 Å². The lowest BCUT2D eigenvalue weighted by atomic mass is 9.67. The van der Waals surface area contributed by atoms with Crippen LogP contribution in [0, 0.1) is 5.92 Å². The molecule has 0 aromatic heterocycles. The Labute approximate surface area is 174 Å². The molecule has 1 aromatic rings. The highest BCUT2D eigenvalue weighted by Crippen LogP contribution is 2.50. The van der Waals surface area contributed by atoms with Gasteiger partial charge >= 0.3 is 0 Å². The first-order chi connectivity index (χ1) is 13.6. The summed E-state index contributed by atoms with van der Waals surface area (Å²) in [5, 5.41) is 23.5. The van der Waals surface area contributed by atoms with Gasteiger partial charge in [-0.05, 0) is 51.3 Å². The van der Waals surface area contributed by atoms with Crippen LogP contribution in [-0.4, -0.2) is 51.5 Å². The Kier molecular flexibility index (Phi) is 6.33. The first-order valence-corrected chi connectivity index (χ1v) is 10.8. The second kappa shape index (κ2) is 8.16. The lowest BCUT2D eigenvalue weighted by Gasteiger charge is -2.61. The van der Waals surface area contributed by atoms with E-state index >= 15 is 0 Å². The van der Waals surface area contributed by atoms with Gasteiger partial charge < -0.3 is 19.7 Å². The van der Waals surface area contributed by atoms with E-state index in [2.05, 4.69) is 32.8 Å². The van der Waals surface area contributed by atoms with Gasteiger partial charge in [0, 0.05) is 17.9 Å². The summed E-state index contributed by atoms with van der Waals surface area (Å²) in [5.41, 5.74) is 0.0607. The molecular formula is C23H37NO5. The lowest BCUT2D eigenvalue weighted by Crippen LogP contribution is -2.71. The van der Waals surface area contributed by atoms with Crippen LogP contribution in [0.4, 0.5) is 0 Å². The molecule has 0 aliphatic carbocycles. The molecule has 2 saturated heterocycles. The largest absolute Gasteiger partial charge is 0.491 e. The molecule has 2 N–H and O–H groups in total. The summed E-state index contributed by atoms with van der Waals surface area (Å²) >= 11 is 0. The SMILES string of the molecule is CCC1(C)CC(O)(O)C(C)C(C)(CC)N1OC(C)c1ccc(OCC2CO2)cc1. The van der Waals surface area contributed by atoms with Crippen LogP contribution in [0.5, 0.6) is 5.75 Å². The smallest absolute Gasteiger partial charge is 0.168 e. The van der Waals surface area contributed by atoms with Crippen LogP contribution < -0.4 is 4.74 Å². The average Bonchev–Trinajstić information content (AvgIpc) is 3.52. The van der Waals surface area contributed by atoms with Gasteiger partial charge in [0.05, 0.1) is 12.1 Å². The molecule has 2 fully saturated rings. The Morgan fingerprint density at radius 3 is 2.31 bits per heavy atom. The zero-order valence-corrected chi connectivity index (χ0v) is 18.6.